The lowest BCUT2D eigenvalue weighted by atomic mass is 10.0. The third kappa shape index (κ3) is 4.43. The Hall–Kier alpha value is -1.14. The first kappa shape index (κ1) is 18.9. The summed E-state index contributed by atoms with van der Waals surface area (Å²) in [5, 5.41) is 58.3. The Morgan fingerprint density at radius 2 is 1.91 bits per heavy atom. The fourth-order valence-corrected chi connectivity index (χ4v) is 2.13. The van der Waals surface area contributed by atoms with E-state index in [0.29, 0.717) is 0 Å². The van der Waals surface area contributed by atoms with Crippen LogP contribution in [0.3, 0.4) is 0 Å². The lowest BCUT2D eigenvalue weighted by Gasteiger charge is -2.26. The Labute approximate surface area is 125 Å². The maximum absolute atomic E-state index is 11.9. The summed E-state index contributed by atoms with van der Waals surface area (Å²) < 4.78 is 4.71. The van der Waals surface area contributed by atoms with E-state index in [1.165, 1.54) is 0 Å². The van der Waals surface area contributed by atoms with Crippen LogP contribution in [0.15, 0.2) is 0 Å². The molecule has 7 atom stereocenters. The second-order valence-electron chi connectivity index (χ2n) is 5.10. The summed E-state index contributed by atoms with van der Waals surface area (Å²) in [5.74, 6) is -1.05. The molecular weight excluding hydrogens is 302 g/mol. The van der Waals surface area contributed by atoms with E-state index in [0.717, 1.165) is 0 Å². The van der Waals surface area contributed by atoms with E-state index in [4.69, 9.17) is 14.9 Å². The number of aliphatic hydroxyl groups excluding tert-OH is 6. The molecule has 0 spiro atoms. The third-order valence-electron chi connectivity index (χ3n) is 3.45. The van der Waals surface area contributed by atoms with Gasteiger partial charge in [0.1, 0.15) is 24.4 Å². The van der Waals surface area contributed by atoms with Gasteiger partial charge in [0.05, 0.1) is 19.3 Å². The van der Waals surface area contributed by atoms with Crippen LogP contribution in [0.4, 0.5) is 0 Å². The van der Waals surface area contributed by atoms with Crippen LogP contribution in [0.25, 0.3) is 0 Å². The molecule has 1 saturated heterocycles. The molecule has 0 aromatic rings. The van der Waals surface area contributed by atoms with Gasteiger partial charge >= 0.3 is 5.97 Å². The highest BCUT2D eigenvalue weighted by atomic mass is 16.6. The Morgan fingerprint density at radius 3 is 2.36 bits per heavy atom. The van der Waals surface area contributed by atoms with Crippen molar-refractivity contribution in [3.8, 4) is 0 Å². The molecule has 1 rings (SSSR count). The molecule has 1 fully saturated rings. The first-order valence-corrected chi connectivity index (χ1v) is 6.71. The van der Waals surface area contributed by atoms with Gasteiger partial charge in [0.2, 0.25) is 0 Å². The van der Waals surface area contributed by atoms with E-state index in [9.17, 15) is 30.0 Å². The van der Waals surface area contributed by atoms with Crippen LogP contribution in [0.5, 0.6) is 0 Å². The Bertz CT molecular complexity index is 380. The van der Waals surface area contributed by atoms with Gasteiger partial charge in [-0.3, -0.25) is 14.9 Å². The van der Waals surface area contributed by atoms with Crippen molar-refractivity contribution in [2.24, 2.45) is 0 Å². The smallest absolute Gasteiger partial charge is 0.326 e. The highest BCUT2D eigenvalue weighted by molar-refractivity contribution is 5.79. The SMILES string of the molecule is O=C[C@H](OC(=O)C1NC(CO)CC1O)[C@@H](O)[C@H](O)[C@H](O)CO. The standard InChI is InChI=1S/C12H21NO9/c14-2-5-1-6(17)9(13-5)12(21)22-8(4-16)11(20)10(19)7(18)3-15/h4-11,13-15,17-20H,1-3H2/t5?,6?,7-,8+,9?,10-,11-/m1/s1. The highest BCUT2D eigenvalue weighted by Gasteiger charge is 2.41. The maximum atomic E-state index is 11.9. The molecule has 0 amide bonds. The van der Waals surface area contributed by atoms with Crippen molar-refractivity contribution in [1.82, 2.24) is 5.32 Å². The first-order chi connectivity index (χ1) is 10.3. The predicted octanol–water partition coefficient (Wildman–Crippen LogP) is -4.74. The van der Waals surface area contributed by atoms with Crippen molar-refractivity contribution < 1.29 is 45.0 Å². The van der Waals surface area contributed by atoms with E-state index in [1.54, 1.807) is 0 Å². The molecule has 0 aliphatic carbocycles. The molecule has 128 valence electrons. The summed E-state index contributed by atoms with van der Waals surface area (Å²) in [5.41, 5.74) is 0. The van der Waals surface area contributed by atoms with E-state index >= 15 is 0 Å². The largest absolute Gasteiger partial charge is 0.451 e. The number of ether oxygens (including phenoxy) is 1. The van der Waals surface area contributed by atoms with E-state index < -0.39 is 55.2 Å². The van der Waals surface area contributed by atoms with Crippen molar-refractivity contribution in [3.05, 3.63) is 0 Å². The predicted molar refractivity (Wildman–Crippen MR) is 69.5 cm³/mol. The van der Waals surface area contributed by atoms with Crippen LogP contribution in [-0.2, 0) is 14.3 Å². The molecule has 10 nitrogen and oxygen atoms in total. The van der Waals surface area contributed by atoms with Gasteiger partial charge < -0.3 is 35.4 Å². The number of rotatable bonds is 8. The van der Waals surface area contributed by atoms with Gasteiger partial charge in [-0.25, -0.2) is 0 Å². The number of carbonyl (C=O) groups excluding carboxylic acids is 2. The molecule has 1 aliphatic heterocycles. The molecule has 0 radical (unpaired) electrons. The summed E-state index contributed by atoms with van der Waals surface area (Å²) >= 11 is 0. The molecule has 22 heavy (non-hydrogen) atoms. The van der Waals surface area contributed by atoms with Crippen molar-refractivity contribution in [2.75, 3.05) is 13.2 Å². The second-order valence-corrected chi connectivity index (χ2v) is 5.10. The van der Waals surface area contributed by atoms with Crippen molar-refractivity contribution in [3.63, 3.8) is 0 Å². The topological polar surface area (TPSA) is 177 Å². The van der Waals surface area contributed by atoms with Crippen molar-refractivity contribution in [1.29, 1.82) is 0 Å². The van der Waals surface area contributed by atoms with Crippen LogP contribution in [0, 0.1) is 0 Å². The van der Waals surface area contributed by atoms with E-state index in [-0.39, 0.29) is 19.3 Å². The maximum Gasteiger partial charge on any atom is 0.326 e. The zero-order valence-electron chi connectivity index (χ0n) is 11.6. The normalized spacial score (nSPS) is 30.4. The highest BCUT2D eigenvalue weighted by Crippen LogP contribution is 2.16. The molecule has 1 aliphatic rings. The number of hydrogen-bond acceptors (Lipinski definition) is 10. The molecule has 0 bridgehead atoms. The van der Waals surface area contributed by atoms with Crippen molar-refractivity contribution in [2.45, 2.75) is 49.0 Å². The molecule has 0 saturated carbocycles. The summed E-state index contributed by atoms with van der Waals surface area (Å²) in [4.78, 5) is 22.8. The Morgan fingerprint density at radius 1 is 1.27 bits per heavy atom. The fraction of sp³-hybridized carbons (Fsp3) is 0.833. The van der Waals surface area contributed by atoms with Gasteiger partial charge in [0.15, 0.2) is 12.4 Å². The monoisotopic (exact) mass is 323 g/mol. The molecule has 0 aromatic carbocycles. The summed E-state index contributed by atoms with van der Waals surface area (Å²) in [7, 11) is 0. The average Bonchev–Trinajstić information content (AvgIpc) is 2.91. The molecule has 7 N–H and O–H groups in total. The van der Waals surface area contributed by atoms with Gasteiger partial charge in [-0.05, 0) is 6.42 Å². The molecule has 0 aromatic heterocycles. The fourth-order valence-electron chi connectivity index (χ4n) is 2.13. The Balaban J connectivity index is 2.65. The van der Waals surface area contributed by atoms with Crippen LogP contribution in [0.1, 0.15) is 6.42 Å². The zero-order valence-corrected chi connectivity index (χ0v) is 11.6. The lowest BCUT2D eigenvalue weighted by Crippen LogP contribution is -2.50. The van der Waals surface area contributed by atoms with Gasteiger partial charge in [0, 0.05) is 6.04 Å². The number of hydrogen-bond donors (Lipinski definition) is 7. The van der Waals surface area contributed by atoms with E-state index in [2.05, 4.69) is 5.32 Å². The van der Waals surface area contributed by atoms with Crippen LogP contribution in [0.2, 0.25) is 0 Å². The number of nitrogens with one attached hydrogen (secondary N) is 1. The number of esters is 1. The first-order valence-electron chi connectivity index (χ1n) is 6.71. The Kier molecular flexibility index (Phi) is 7.29. The molecule has 10 heteroatoms. The quantitative estimate of drug-likeness (QED) is 0.169. The summed E-state index contributed by atoms with van der Waals surface area (Å²) in [6, 6.07) is -1.69. The van der Waals surface area contributed by atoms with Gasteiger partial charge in [-0.15, -0.1) is 0 Å². The number of aldehydes is 1. The van der Waals surface area contributed by atoms with Crippen LogP contribution < -0.4 is 5.32 Å². The molecule has 3 unspecified atom stereocenters. The molecule has 1 heterocycles. The van der Waals surface area contributed by atoms with Crippen LogP contribution in [-0.4, -0.2) is 98.7 Å². The summed E-state index contributed by atoms with van der Waals surface area (Å²) in [6.45, 7) is -1.17. The minimum absolute atomic E-state index is 0.0563. The number of aliphatic hydroxyl groups is 6. The second kappa shape index (κ2) is 8.48. The minimum atomic E-state index is -1.95. The minimum Gasteiger partial charge on any atom is -0.451 e. The number of carbonyl (C=O) groups is 2. The van der Waals surface area contributed by atoms with Crippen LogP contribution >= 0.6 is 0 Å². The summed E-state index contributed by atoms with van der Waals surface area (Å²) in [6.07, 6.45) is -8.33. The third-order valence-corrected chi connectivity index (χ3v) is 3.45. The average molecular weight is 323 g/mol. The zero-order chi connectivity index (χ0) is 16.9. The lowest BCUT2D eigenvalue weighted by molar-refractivity contribution is -0.171. The van der Waals surface area contributed by atoms with Gasteiger partial charge in [0.25, 0.3) is 0 Å². The van der Waals surface area contributed by atoms with Gasteiger partial charge in [-0.2, -0.15) is 0 Å². The van der Waals surface area contributed by atoms with Crippen molar-refractivity contribution >= 4 is 12.3 Å². The van der Waals surface area contributed by atoms with Gasteiger partial charge in [-0.1, -0.05) is 0 Å². The molecular formula is C12H21NO9. The van der Waals surface area contributed by atoms with E-state index in [1.807, 2.05) is 0 Å².